The Balaban J connectivity index is 2.31. The zero-order valence-corrected chi connectivity index (χ0v) is 12.9. The van der Waals surface area contributed by atoms with Gasteiger partial charge in [0.05, 0.1) is 0 Å². The highest BCUT2D eigenvalue weighted by molar-refractivity contribution is 6.31. The Morgan fingerprint density at radius 3 is 2.35 bits per heavy atom. The Morgan fingerprint density at radius 1 is 1.05 bits per heavy atom. The van der Waals surface area contributed by atoms with E-state index in [2.05, 4.69) is 0 Å². The van der Waals surface area contributed by atoms with Gasteiger partial charge in [-0.2, -0.15) is 0 Å². The molecule has 2 atom stereocenters. The normalized spacial score (nSPS) is 13.8. The maximum atomic E-state index is 6.23. The van der Waals surface area contributed by atoms with Crippen LogP contribution in [-0.2, 0) is 0 Å². The number of halogens is 2. The number of hydrogen-bond donors (Lipinski definition) is 1. The molecule has 0 saturated carbocycles. The fourth-order valence-corrected chi connectivity index (χ4v) is 2.36. The summed E-state index contributed by atoms with van der Waals surface area (Å²) in [6, 6.07) is 12.9. The number of rotatable bonds is 4. The molecule has 2 N–H and O–H groups in total. The molecule has 0 amide bonds. The SMILES string of the molecule is Cc1cc(OC(c2ccccc2Cl)C(C)N)ccc1Cl. The van der Waals surface area contributed by atoms with Crippen LogP contribution in [0.5, 0.6) is 5.75 Å². The summed E-state index contributed by atoms with van der Waals surface area (Å²) in [6.07, 6.45) is -0.302. The van der Waals surface area contributed by atoms with Gasteiger partial charge >= 0.3 is 0 Å². The smallest absolute Gasteiger partial charge is 0.140 e. The van der Waals surface area contributed by atoms with Crippen molar-refractivity contribution in [3.63, 3.8) is 0 Å². The van der Waals surface area contributed by atoms with E-state index in [-0.39, 0.29) is 12.1 Å². The predicted molar refractivity (Wildman–Crippen MR) is 84.7 cm³/mol. The third-order valence-electron chi connectivity index (χ3n) is 3.08. The molecule has 0 heterocycles. The van der Waals surface area contributed by atoms with Crippen LogP contribution in [0, 0.1) is 6.92 Å². The van der Waals surface area contributed by atoms with Gasteiger partial charge in [0.2, 0.25) is 0 Å². The van der Waals surface area contributed by atoms with E-state index in [1.807, 2.05) is 56.3 Å². The van der Waals surface area contributed by atoms with Gasteiger partial charge in [-0.05, 0) is 43.7 Å². The average molecular weight is 310 g/mol. The number of hydrogen-bond acceptors (Lipinski definition) is 2. The molecule has 2 unspecified atom stereocenters. The first-order valence-corrected chi connectivity index (χ1v) is 7.17. The Hall–Kier alpha value is -1.22. The van der Waals surface area contributed by atoms with Crippen LogP contribution in [0.15, 0.2) is 42.5 Å². The molecule has 0 aliphatic heterocycles. The van der Waals surface area contributed by atoms with Crippen molar-refractivity contribution >= 4 is 23.2 Å². The van der Waals surface area contributed by atoms with Gasteiger partial charge in [-0.1, -0.05) is 41.4 Å². The van der Waals surface area contributed by atoms with Crippen molar-refractivity contribution in [1.82, 2.24) is 0 Å². The molecule has 0 bridgehead atoms. The van der Waals surface area contributed by atoms with E-state index >= 15 is 0 Å². The second-order valence-corrected chi connectivity index (χ2v) is 5.64. The van der Waals surface area contributed by atoms with Crippen LogP contribution in [0.25, 0.3) is 0 Å². The minimum absolute atomic E-state index is 0.189. The molecule has 4 heteroatoms. The summed E-state index contributed by atoms with van der Waals surface area (Å²) < 4.78 is 6.01. The zero-order chi connectivity index (χ0) is 14.7. The summed E-state index contributed by atoms with van der Waals surface area (Å²) in [5.41, 5.74) is 7.89. The quantitative estimate of drug-likeness (QED) is 0.883. The lowest BCUT2D eigenvalue weighted by Crippen LogP contribution is -2.29. The van der Waals surface area contributed by atoms with Gasteiger partial charge in [0.25, 0.3) is 0 Å². The topological polar surface area (TPSA) is 35.2 Å². The van der Waals surface area contributed by atoms with Crippen molar-refractivity contribution in [2.75, 3.05) is 0 Å². The molecule has 0 spiro atoms. The highest BCUT2D eigenvalue weighted by atomic mass is 35.5. The van der Waals surface area contributed by atoms with Crippen LogP contribution < -0.4 is 10.5 Å². The van der Waals surface area contributed by atoms with Gasteiger partial charge in [-0.25, -0.2) is 0 Å². The fourth-order valence-electron chi connectivity index (χ4n) is 2.00. The number of benzene rings is 2. The van der Waals surface area contributed by atoms with Gasteiger partial charge in [0.1, 0.15) is 11.9 Å². The van der Waals surface area contributed by atoms with Crippen LogP contribution in [-0.4, -0.2) is 6.04 Å². The van der Waals surface area contributed by atoms with Gasteiger partial charge in [0, 0.05) is 21.7 Å². The molecule has 0 radical (unpaired) electrons. The van der Waals surface area contributed by atoms with E-state index in [1.165, 1.54) is 0 Å². The Morgan fingerprint density at radius 2 is 1.75 bits per heavy atom. The monoisotopic (exact) mass is 309 g/mol. The molecule has 0 aromatic heterocycles. The molecule has 2 aromatic rings. The van der Waals surface area contributed by atoms with Crippen molar-refractivity contribution in [2.45, 2.75) is 26.0 Å². The molecule has 2 rings (SSSR count). The Bertz CT molecular complexity index is 599. The van der Waals surface area contributed by atoms with Crippen LogP contribution in [0.4, 0.5) is 0 Å². The van der Waals surface area contributed by atoms with E-state index in [0.29, 0.717) is 10.0 Å². The van der Waals surface area contributed by atoms with E-state index in [9.17, 15) is 0 Å². The van der Waals surface area contributed by atoms with Crippen molar-refractivity contribution in [3.05, 3.63) is 63.6 Å². The Labute approximate surface area is 129 Å². The fraction of sp³-hybridized carbons (Fsp3) is 0.250. The van der Waals surface area contributed by atoms with E-state index < -0.39 is 0 Å². The summed E-state index contributed by atoms with van der Waals surface area (Å²) in [5, 5.41) is 1.37. The minimum Gasteiger partial charge on any atom is -0.484 e. The molecule has 0 fully saturated rings. The van der Waals surface area contributed by atoms with Crippen LogP contribution in [0.3, 0.4) is 0 Å². The maximum Gasteiger partial charge on any atom is 0.140 e. The van der Waals surface area contributed by atoms with Gasteiger partial charge < -0.3 is 10.5 Å². The van der Waals surface area contributed by atoms with Gasteiger partial charge in [-0.3, -0.25) is 0 Å². The zero-order valence-electron chi connectivity index (χ0n) is 11.4. The van der Waals surface area contributed by atoms with Crippen LogP contribution in [0.2, 0.25) is 10.0 Å². The number of aryl methyl sites for hydroxylation is 1. The lowest BCUT2D eigenvalue weighted by Gasteiger charge is -2.24. The standard InChI is InChI=1S/C16H17Cl2NO/c1-10-9-12(7-8-14(10)17)20-16(11(2)19)13-5-3-4-6-15(13)18/h3-9,11,16H,19H2,1-2H3. The average Bonchev–Trinajstić information content (AvgIpc) is 2.41. The van der Waals surface area contributed by atoms with Crippen molar-refractivity contribution < 1.29 is 4.74 Å². The summed E-state index contributed by atoms with van der Waals surface area (Å²) in [7, 11) is 0. The minimum atomic E-state index is -0.302. The first-order valence-electron chi connectivity index (χ1n) is 6.42. The van der Waals surface area contributed by atoms with Gasteiger partial charge in [0.15, 0.2) is 0 Å². The van der Waals surface area contributed by atoms with Crippen molar-refractivity contribution in [1.29, 1.82) is 0 Å². The second kappa shape index (κ2) is 6.49. The largest absolute Gasteiger partial charge is 0.484 e. The van der Waals surface area contributed by atoms with E-state index in [4.69, 9.17) is 33.7 Å². The third kappa shape index (κ3) is 3.45. The summed E-state index contributed by atoms with van der Waals surface area (Å²) >= 11 is 12.2. The summed E-state index contributed by atoms with van der Waals surface area (Å²) in [4.78, 5) is 0. The Kier molecular flexibility index (Phi) is 4.92. The van der Waals surface area contributed by atoms with Crippen molar-refractivity contribution in [2.24, 2.45) is 5.73 Å². The molecule has 0 saturated heterocycles. The molecular formula is C16H17Cl2NO. The first kappa shape index (κ1) is 15.2. The van der Waals surface area contributed by atoms with Crippen LogP contribution >= 0.6 is 23.2 Å². The summed E-state index contributed by atoms with van der Waals surface area (Å²) in [6.45, 7) is 3.84. The van der Waals surface area contributed by atoms with E-state index in [0.717, 1.165) is 16.9 Å². The molecule has 20 heavy (non-hydrogen) atoms. The molecule has 0 aliphatic rings. The lowest BCUT2D eigenvalue weighted by molar-refractivity contribution is 0.180. The predicted octanol–water partition coefficient (Wildman–Crippen LogP) is 4.77. The number of nitrogens with two attached hydrogens (primary N) is 1. The molecule has 2 nitrogen and oxygen atoms in total. The van der Waals surface area contributed by atoms with Gasteiger partial charge in [-0.15, -0.1) is 0 Å². The highest BCUT2D eigenvalue weighted by Gasteiger charge is 2.20. The molecular weight excluding hydrogens is 293 g/mol. The second-order valence-electron chi connectivity index (χ2n) is 4.83. The lowest BCUT2D eigenvalue weighted by atomic mass is 10.0. The number of ether oxygens (including phenoxy) is 1. The third-order valence-corrected chi connectivity index (χ3v) is 3.85. The first-order chi connectivity index (χ1) is 9.49. The molecule has 0 aliphatic carbocycles. The molecule has 2 aromatic carbocycles. The highest BCUT2D eigenvalue weighted by Crippen LogP contribution is 2.30. The van der Waals surface area contributed by atoms with Crippen molar-refractivity contribution in [3.8, 4) is 5.75 Å². The van der Waals surface area contributed by atoms with E-state index in [1.54, 1.807) is 0 Å². The maximum absolute atomic E-state index is 6.23. The molecule has 106 valence electrons. The summed E-state index contributed by atoms with van der Waals surface area (Å²) in [5.74, 6) is 0.731. The van der Waals surface area contributed by atoms with Crippen LogP contribution in [0.1, 0.15) is 24.2 Å².